The maximum atomic E-state index is 12.8. The van der Waals surface area contributed by atoms with Crippen molar-refractivity contribution in [3.05, 3.63) is 122 Å². The van der Waals surface area contributed by atoms with Crippen LogP contribution in [0.5, 0.6) is 0 Å². The normalized spacial score (nSPS) is 12.9. The van der Waals surface area contributed by atoms with Crippen molar-refractivity contribution in [3.63, 3.8) is 0 Å². The van der Waals surface area contributed by atoms with Crippen molar-refractivity contribution < 1.29 is 28.6 Å². The summed E-state index contributed by atoms with van der Waals surface area (Å²) in [6.07, 6.45) is 92.6. The van der Waals surface area contributed by atoms with Crippen LogP contribution in [-0.2, 0) is 28.6 Å². The molecular weight excluding hydrogens is 973 g/mol. The number of allylic oxidation sites excluding steroid dienone is 20. The predicted octanol–water partition coefficient (Wildman–Crippen LogP) is 22.8. The Morgan fingerprint density at radius 2 is 0.519 bits per heavy atom. The lowest BCUT2D eigenvalue weighted by molar-refractivity contribution is -0.166. The second kappa shape index (κ2) is 66.3. The quantitative estimate of drug-likeness (QED) is 0.0261. The first-order valence-electron chi connectivity index (χ1n) is 33.0. The van der Waals surface area contributed by atoms with Crippen LogP contribution in [0.4, 0.5) is 0 Å². The van der Waals surface area contributed by atoms with Crippen LogP contribution >= 0.6 is 0 Å². The Morgan fingerprint density at radius 1 is 0.266 bits per heavy atom. The van der Waals surface area contributed by atoms with Gasteiger partial charge < -0.3 is 14.2 Å². The summed E-state index contributed by atoms with van der Waals surface area (Å²) in [6, 6.07) is 0. The molecule has 0 aliphatic carbocycles. The molecule has 0 heterocycles. The van der Waals surface area contributed by atoms with Crippen molar-refractivity contribution in [1.82, 2.24) is 0 Å². The highest BCUT2D eigenvalue weighted by atomic mass is 16.6. The van der Waals surface area contributed by atoms with Gasteiger partial charge in [0.25, 0.3) is 0 Å². The van der Waals surface area contributed by atoms with Gasteiger partial charge in [-0.05, 0) is 109 Å². The van der Waals surface area contributed by atoms with Crippen molar-refractivity contribution in [1.29, 1.82) is 0 Å². The van der Waals surface area contributed by atoms with E-state index >= 15 is 0 Å². The molecule has 0 aromatic heterocycles. The highest BCUT2D eigenvalue weighted by molar-refractivity contribution is 5.71. The molecule has 0 aromatic rings. The van der Waals surface area contributed by atoms with Crippen LogP contribution in [0.1, 0.15) is 303 Å². The Hall–Kier alpha value is -4.19. The number of hydrogen-bond donors (Lipinski definition) is 0. The van der Waals surface area contributed by atoms with E-state index in [0.29, 0.717) is 19.3 Å². The van der Waals surface area contributed by atoms with Gasteiger partial charge in [-0.2, -0.15) is 0 Å². The van der Waals surface area contributed by atoms with E-state index in [1.165, 1.54) is 135 Å². The number of esters is 3. The lowest BCUT2D eigenvalue weighted by Crippen LogP contribution is -2.30. The van der Waals surface area contributed by atoms with E-state index in [-0.39, 0.29) is 31.6 Å². The Morgan fingerprint density at radius 3 is 0.823 bits per heavy atom. The second-order valence-electron chi connectivity index (χ2n) is 21.6. The first-order valence-corrected chi connectivity index (χ1v) is 33.0. The maximum absolute atomic E-state index is 12.8. The van der Waals surface area contributed by atoms with Crippen molar-refractivity contribution in [2.45, 2.75) is 309 Å². The van der Waals surface area contributed by atoms with Crippen LogP contribution in [0, 0.1) is 0 Å². The van der Waals surface area contributed by atoms with Crippen molar-refractivity contribution >= 4 is 17.9 Å². The van der Waals surface area contributed by atoms with E-state index in [0.717, 1.165) is 122 Å². The molecule has 0 fully saturated rings. The summed E-state index contributed by atoms with van der Waals surface area (Å²) in [5.41, 5.74) is 0. The van der Waals surface area contributed by atoms with E-state index in [9.17, 15) is 14.4 Å². The first-order chi connectivity index (χ1) is 39.0. The van der Waals surface area contributed by atoms with Gasteiger partial charge in [-0.3, -0.25) is 14.4 Å². The molecule has 0 N–H and O–H groups in total. The fourth-order valence-electron chi connectivity index (χ4n) is 9.08. The van der Waals surface area contributed by atoms with E-state index in [1.54, 1.807) is 0 Å². The molecule has 0 radical (unpaired) electrons. The van der Waals surface area contributed by atoms with Crippen molar-refractivity contribution in [2.24, 2.45) is 0 Å². The number of hydrogen-bond acceptors (Lipinski definition) is 6. The summed E-state index contributed by atoms with van der Waals surface area (Å²) in [6.45, 7) is 6.29. The molecule has 0 saturated carbocycles. The average Bonchev–Trinajstić information content (AvgIpc) is 3.45. The molecule has 0 aromatic carbocycles. The average molecular weight is 1100 g/mol. The minimum Gasteiger partial charge on any atom is -0.462 e. The van der Waals surface area contributed by atoms with E-state index in [1.807, 2.05) is 12.2 Å². The van der Waals surface area contributed by atoms with Crippen LogP contribution in [0.15, 0.2) is 122 Å². The highest BCUT2D eigenvalue weighted by Gasteiger charge is 2.19. The summed E-state index contributed by atoms with van der Waals surface area (Å²) in [5.74, 6) is -1.00. The zero-order valence-electron chi connectivity index (χ0n) is 51.6. The summed E-state index contributed by atoms with van der Waals surface area (Å²) in [5, 5.41) is 0. The van der Waals surface area contributed by atoms with Crippen LogP contribution in [0.3, 0.4) is 0 Å². The molecule has 0 rings (SSSR count). The molecular formula is C73H122O6. The molecule has 0 aliphatic heterocycles. The Balaban J connectivity index is 4.11. The molecule has 6 heteroatoms. The minimum absolute atomic E-state index is 0.110. The SMILES string of the molecule is CC/C=C\C/C=C\C/C=C\C/C=C\CCCCCCCCCCCCCCCCCCCCCCCCC(=O)OCC(COC(=O)CCCCCCC/C=C\C/C=C\CCC)OC(=O)CC/C=C\C/C=C\C/C=C\C/C=C\CC. The fourth-order valence-corrected chi connectivity index (χ4v) is 9.08. The smallest absolute Gasteiger partial charge is 0.306 e. The van der Waals surface area contributed by atoms with E-state index in [4.69, 9.17) is 14.2 Å². The second-order valence-corrected chi connectivity index (χ2v) is 21.6. The topological polar surface area (TPSA) is 78.9 Å². The van der Waals surface area contributed by atoms with Gasteiger partial charge in [-0.15, -0.1) is 0 Å². The number of rotatable bonds is 59. The molecule has 0 aliphatic rings. The van der Waals surface area contributed by atoms with Crippen LogP contribution in [-0.4, -0.2) is 37.2 Å². The van der Waals surface area contributed by atoms with Crippen LogP contribution in [0.25, 0.3) is 0 Å². The minimum atomic E-state index is -0.822. The summed E-state index contributed by atoms with van der Waals surface area (Å²) < 4.78 is 16.8. The molecule has 0 amide bonds. The van der Waals surface area contributed by atoms with Crippen molar-refractivity contribution in [2.75, 3.05) is 13.2 Å². The largest absolute Gasteiger partial charge is 0.462 e. The summed E-state index contributed by atoms with van der Waals surface area (Å²) in [4.78, 5) is 38.2. The molecule has 1 unspecified atom stereocenters. The van der Waals surface area contributed by atoms with Gasteiger partial charge in [0, 0.05) is 19.3 Å². The van der Waals surface area contributed by atoms with Gasteiger partial charge in [0.2, 0.25) is 0 Å². The third-order valence-electron chi connectivity index (χ3n) is 13.9. The Kier molecular flexibility index (Phi) is 62.8. The standard InChI is InChI=1S/C73H122O6/c1-4-7-10-13-16-19-22-25-26-27-28-29-30-31-32-33-34-35-36-37-38-39-40-41-42-43-44-45-46-49-51-54-57-60-63-66-72(75)78-69-70(79-73(76)67-64-61-58-55-52-48-24-21-18-15-12-9-6-3)68-77-71(74)65-62-59-56-53-50-47-23-20-17-14-11-8-5-2/h7,9-12,14,16,18-21,23,25-26,28-29,48,52,58,61,70H,4-6,8,13,15,17,22,24,27,30-47,49-51,53-57,59-60,62-69H2,1-3H3/b10-7-,12-9-,14-11-,19-16-,21-18-,23-20-,26-25-,29-28-,52-48-,61-58-. The van der Waals surface area contributed by atoms with Gasteiger partial charge >= 0.3 is 17.9 Å². The van der Waals surface area contributed by atoms with Crippen molar-refractivity contribution in [3.8, 4) is 0 Å². The predicted molar refractivity (Wildman–Crippen MR) is 343 cm³/mol. The zero-order chi connectivity index (χ0) is 57.1. The number of ether oxygens (including phenoxy) is 3. The van der Waals surface area contributed by atoms with Gasteiger partial charge in [-0.1, -0.05) is 296 Å². The monoisotopic (exact) mass is 1090 g/mol. The van der Waals surface area contributed by atoms with E-state index < -0.39 is 12.1 Å². The summed E-state index contributed by atoms with van der Waals surface area (Å²) in [7, 11) is 0. The number of carbonyl (C=O) groups excluding carboxylic acids is 3. The third kappa shape index (κ3) is 64.5. The Bertz CT molecular complexity index is 1640. The molecule has 6 nitrogen and oxygen atoms in total. The fraction of sp³-hybridized carbons (Fsp3) is 0.685. The van der Waals surface area contributed by atoms with Gasteiger partial charge in [0.1, 0.15) is 13.2 Å². The molecule has 0 saturated heterocycles. The molecule has 1 atom stereocenters. The third-order valence-corrected chi connectivity index (χ3v) is 13.9. The lowest BCUT2D eigenvalue weighted by atomic mass is 10.0. The first kappa shape index (κ1) is 74.8. The van der Waals surface area contributed by atoms with E-state index in [2.05, 4.69) is 130 Å². The molecule has 0 spiro atoms. The zero-order valence-corrected chi connectivity index (χ0v) is 51.6. The Labute approximate surface area is 488 Å². The molecule has 79 heavy (non-hydrogen) atoms. The van der Waals surface area contributed by atoms with Crippen LogP contribution in [0.2, 0.25) is 0 Å². The molecule has 450 valence electrons. The van der Waals surface area contributed by atoms with Gasteiger partial charge in [0.05, 0.1) is 0 Å². The van der Waals surface area contributed by atoms with Gasteiger partial charge in [-0.25, -0.2) is 0 Å². The maximum Gasteiger partial charge on any atom is 0.306 e. The highest BCUT2D eigenvalue weighted by Crippen LogP contribution is 2.17. The number of carbonyl (C=O) groups is 3. The molecule has 0 bridgehead atoms. The van der Waals surface area contributed by atoms with Gasteiger partial charge in [0.15, 0.2) is 6.10 Å². The van der Waals surface area contributed by atoms with Crippen LogP contribution < -0.4 is 0 Å². The lowest BCUT2D eigenvalue weighted by Gasteiger charge is -2.18. The summed E-state index contributed by atoms with van der Waals surface area (Å²) >= 11 is 0. The number of unbranched alkanes of at least 4 members (excludes halogenated alkanes) is 28.